The van der Waals surface area contributed by atoms with Gasteiger partial charge in [-0.25, -0.2) is 8.78 Å². The molecule has 1 aromatic carbocycles. The summed E-state index contributed by atoms with van der Waals surface area (Å²) in [5, 5.41) is 6.37. The first-order valence-corrected chi connectivity index (χ1v) is 5.88. The molecule has 1 aromatic rings. The van der Waals surface area contributed by atoms with E-state index >= 15 is 0 Å². The molecule has 1 fully saturated rings. The van der Waals surface area contributed by atoms with E-state index in [-0.39, 0.29) is 0 Å². The van der Waals surface area contributed by atoms with Gasteiger partial charge in [-0.1, -0.05) is 0 Å². The molecule has 1 saturated heterocycles. The van der Waals surface area contributed by atoms with E-state index in [0.717, 1.165) is 45.3 Å². The molecule has 2 N–H and O–H groups in total. The van der Waals surface area contributed by atoms with Crippen molar-refractivity contribution in [2.45, 2.75) is 0 Å². The summed E-state index contributed by atoms with van der Waals surface area (Å²) >= 11 is 0. The molecule has 1 aliphatic heterocycles. The molecule has 1 heterocycles. The predicted molar refractivity (Wildman–Crippen MR) is 64.2 cm³/mol. The van der Waals surface area contributed by atoms with Crippen molar-refractivity contribution < 1.29 is 8.78 Å². The first-order valence-electron chi connectivity index (χ1n) is 5.88. The van der Waals surface area contributed by atoms with Crippen molar-refractivity contribution in [1.29, 1.82) is 0 Å². The molecule has 3 nitrogen and oxygen atoms in total. The van der Waals surface area contributed by atoms with Crippen molar-refractivity contribution >= 4 is 5.69 Å². The van der Waals surface area contributed by atoms with Crippen LogP contribution in [0.4, 0.5) is 14.5 Å². The fraction of sp³-hybridized carbons (Fsp3) is 0.500. The molecule has 0 radical (unpaired) electrons. The Hall–Kier alpha value is -1.20. The summed E-state index contributed by atoms with van der Waals surface area (Å²) in [7, 11) is 0. The lowest BCUT2D eigenvalue weighted by atomic mass is 10.3. The lowest BCUT2D eigenvalue weighted by Crippen LogP contribution is -2.45. The second-order valence-electron chi connectivity index (χ2n) is 4.15. The highest BCUT2D eigenvalue weighted by Gasteiger charge is 2.08. The molecule has 0 saturated carbocycles. The minimum absolute atomic E-state index is 0.624. The van der Waals surface area contributed by atoms with Gasteiger partial charge >= 0.3 is 0 Å². The number of hydrogen-bond acceptors (Lipinski definition) is 3. The maximum Gasteiger partial charge on any atom is 0.160 e. The molecule has 0 aromatic heterocycles. The molecule has 0 atom stereocenters. The molecule has 94 valence electrons. The van der Waals surface area contributed by atoms with E-state index in [1.807, 2.05) is 0 Å². The highest BCUT2D eigenvalue weighted by Crippen LogP contribution is 2.12. The molecule has 17 heavy (non-hydrogen) atoms. The summed E-state index contributed by atoms with van der Waals surface area (Å²) in [4.78, 5) is 2.34. The average molecular weight is 241 g/mol. The number of anilines is 1. The minimum atomic E-state index is -0.808. The van der Waals surface area contributed by atoms with Gasteiger partial charge in [-0.3, -0.25) is 4.90 Å². The van der Waals surface area contributed by atoms with Crippen LogP contribution in [0.2, 0.25) is 0 Å². The predicted octanol–water partition coefficient (Wildman–Crippen LogP) is 1.28. The third kappa shape index (κ3) is 3.64. The Morgan fingerprint density at radius 1 is 1.18 bits per heavy atom. The number of piperazine rings is 1. The maximum absolute atomic E-state index is 12.9. The van der Waals surface area contributed by atoms with Gasteiger partial charge in [0.2, 0.25) is 0 Å². The average Bonchev–Trinajstić information content (AvgIpc) is 2.35. The van der Waals surface area contributed by atoms with Crippen LogP contribution in [0.25, 0.3) is 0 Å². The Balaban J connectivity index is 1.75. The lowest BCUT2D eigenvalue weighted by molar-refractivity contribution is 0.249. The maximum atomic E-state index is 12.9. The topological polar surface area (TPSA) is 27.3 Å². The molecule has 5 heteroatoms. The van der Waals surface area contributed by atoms with Crippen molar-refractivity contribution in [3.63, 3.8) is 0 Å². The second-order valence-corrected chi connectivity index (χ2v) is 4.15. The van der Waals surface area contributed by atoms with Crippen LogP contribution >= 0.6 is 0 Å². The number of nitrogens with one attached hydrogen (secondary N) is 2. The Labute approximate surface area is 99.8 Å². The van der Waals surface area contributed by atoms with Crippen LogP contribution in [-0.2, 0) is 0 Å². The molecule has 0 spiro atoms. The van der Waals surface area contributed by atoms with Gasteiger partial charge < -0.3 is 10.6 Å². The zero-order valence-electron chi connectivity index (χ0n) is 9.68. The van der Waals surface area contributed by atoms with Crippen LogP contribution in [0.3, 0.4) is 0 Å². The van der Waals surface area contributed by atoms with Crippen molar-refractivity contribution in [1.82, 2.24) is 10.2 Å². The van der Waals surface area contributed by atoms with Crippen molar-refractivity contribution in [2.24, 2.45) is 0 Å². The van der Waals surface area contributed by atoms with E-state index in [0.29, 0.717) is 5.69 Å². The van der Waals surface area contributed by atoms with E-state index in [1.54, 1.807) is 6.07 Å². The smallest absolute Gasteiger partial charge is 0.160 e. The van der Waals surface area contributed by atoms with Gasteiger partial charge in [0.15, 0.2) is 11.6 Å². The Kier molecular flexibility index (Phi) is 4.28. The number of nitrogens with zero attached hydrogens (tertiary/aromatic N) is 1. The Morgan fingerprint density at radius 3 is 2.65 bits per heavy atom. The molecule has 0 aliphatic carbocycles. The largest absolute Gasteiger partial charge is 0.384 e. The fourth-order valence-corrected chi connectivity index (χ4v) is 1.90. The van der Waals surface area contributed by atoms with Crippen LogP contribution in [0.15, 0.2) is 18.2 Å². The van der Waals surface area contributed by atoms with Crippen molar-refractivity contribution in [2.75, 3.05) is 44.6 Å². The van der Waals surface area contributed by atoms with E-state index < -0.39 is 11.6 Å². The van der Waals surface area contributed by atoms with E-state index in [1.165, 1.54) is 6.07 Å². The normalized spacial score (nSPS) is 17.1. The van der Waals surface area contributed by atoms with Crippen LogP contribution in [0.1, 0.15) is 0 Å². The van der Waals surface area contributed by atoms with E-state index in [4.69, 9.17) is 0 Å². The standard InChI is InChI=1S/C12H17F2N3/c13-11-2-1-10(9-12(11)14)16-5-8-17-6-3-15-4-7-17/h1-2,9,15-16H,3-8H2. The molecule has 1 aliphatic rings. The van der Waals surface area contributed by atoms with Gasteiger partial charge in [0.25, 0.3) is 0 Å². The van der Waals surface area contributed by atoms with Crippen LogP contribution in [0.5, 0.6) is 0 Å². The molecular formula is C12H17F2N3. The molecule has 0 unspecified atom stereocenters. The number of halogens is 2. The highest BCUT2D eigenvalue weighted by atomic mass is 19.2. The number of benzene rings is 1. The molecule has 0 amide bonds. The highest BCUT2D eigenvalue weighted by molar-refractivity contribution is 5.43. The summed E-state index contributed by atoms with van der Waals surface area (Å²) in [5.41, 5.74) is 0.624. The summed E-state index contributed by atoms with van der Waals surface area (Å²) in [6.45, 7) is 5.78. The van der Waals surface area contributed by atoms with Gasteiger partial charge in [-0.05, 0) is 18.2 Å². The summed E-state index contributed by atoms with van der Waals surface area (Å²) < 4.78 is 25.6. The molecule has 0 bridgehead atoms. The SMILES string of the molecule is Fc1ccc(NCCN2CCNCC2)cc1F. The Morgan fingerprint density at radius 2 is 1.94 bits per heavy atom. The second kappa shape index (κ2) is 5.93. The minimum Gasteiger partial charge on any atom is -0.384 e. The van der Waals surface area contributed by atoms with E-state index in [9.17, 15) is 8.78 Å². The van der Waals surface area contributed by atoms with Crippen LogP contribution in [0, 0.1) is 11.6 Å². The summed E-state index contributed by atoms with van der Waals surface area (Å²) in [5.74, 6) is -1.62. The van der Waals surface area contributed by atoms with Gasteiger partial charge in [-0.2, -0.15) is 0 Å². The van der Waals surface area contributed by atoms with Gasteiger partial charge in [-0.15, -0.1) is 0 Å². The van der Waals surface area contributed by atoms with Crippen molar-refractivity contribution in [3.8, 4) is 0 Å². The van der Waals surface area contributed by atoms with Gasteiger partial charge in [0, 0.05) is 45.0 Å². The first-order chi connectivity index (χ1) is 8.25. The summed E-state index contributed by atoms with van der Waals surface area (Å²) in [6.07, 6.45) is 0. The quantitative estimate of drug-likeness (QED) is 0.831. The first kappa shape index (κ1) is 12.3. The molecule has 2 rings (SSSR count). The zero-order valence-corrected chi connectivity index (χ0v) is 9.68. The van der Waals surface area contributed by atoms with Gasteiger partial charge in [0.05, 0.1) is 0 Å². The van der Waals surface area contributed by atoms with Crippen LogP contribution < -0.4 is 10.6 Å². The molecular weight excluding hydrogens is 224 g/mol. The lowest BCUT2D eigenvalue weighted by Gasteiger charge is -2.27. The third-order valence-electron chi connectivity index (χ3n) is 2.89. The monoisotopic (exact) mass is 241 g/mol. The third-order valence-corrected chi connectivity index (χ3v) is 2.89. The summed E-state index contributed by atoms with van der Waals surface area (Å²) in [6, 6.07) is 3.88. The number of rotatable bonds is 4. The van der Waals surface area contributed by atoms with Crippen molar-refractivity contribution in [3.05, 3.63) is 29.8 Å². The fourth-order valence-electron chi connectivity index (χ4n) is 1.90. The van der Waals surface area contributed by atoms with Gasteiger partial charge in [0.1, 0.15) is 0 Å². The zero-order chi connectivity index (χ0) is 12.1. The van der Waals surface area contributed by atoms with E-state index in [2.05, 4.69) is 15.5 Å². The number of hydrogen-bond donors (Lipinski definition) is 2. The Bertz CT molecular complexity index is 365. The van der Waals surface area contributed by atoms with Crippen LogP contribution in [-0.4, -0.2) is 44.2 Å².